The molecule has 19 heavy (non-hydrogen) atoms. The third-order valence-electron chi connectivity index (χ3n) is 4.27. The van der Waals surface area contributed by atoms with E-state index in [1.165, 1.54) is 65.4 Å². The monoisotopic (exact) mass is 269 g/mol. The lowest BCUT2D eigenvalue weighted by Crippen LogP contribution is -2.51. The Morgan fingerprint density at radius 1 is 0.737 bits per heavy atom. The molecule has 5 heteroatoms. The van der Waals surface area contributed by atoms with Crippen LogP contribution in [0.5, 0.6) is 0 Å². The summed E-state index contributed by atoms with van der Waals surface area (Å²) in [6, 6.07) is 0. The molecule has 2 aliphatic heterocycles. The van der Waals surface area contributed by atoms with E-state index in [0.29, 0.717) is 0 Å². The van der Waals surface area contributed by atoms with Crippen LogP contribution in [0.25, 0.3) is 0 Å². The first-order valence-electron chi connectivity index (χ1n) is 7.76. The van der Waals surface area contributed by atoms with Crippen molar-refractivity contribution in [3.63, 3.8) is 0 Å². The number of likely N-dealkylation sites (N-methyl/N-ethyl adjacent to an activating group) is 1. The number of nitrogens with one attached hydrogen (secondary N) is 1. The van der Waals surface area contributed by atoms with Gasteiger partial charge in [0.15, 0.2) is 0 Å². The summed E-state index contributed by atoms with van der Waals surface area (Å²) in [6.07, 6.45) is 0. The molecule has 0 bridgehead atoms. The fraction of sp³-hybridized carbons (Fsp3) is 1.00. The van der Waals surface area contributed by atoms with Crippen molar-refractivity contribution in [2.45, 2.75) is 0 Å². The molecule has 1 N–H and O–H groups in total. The van der Waals surface area contributed by atoms with Crippen molar-refractivity contribution >= 4 is 0 Å². The lowest BCUT2D eigenvalue weighted by atomic mass is 10.3. The Kier molecular flexibility index (Phi) is 6.53. The van der Waals surface area contributed by atoms with Crippen LogP contribution in [0.15, 0.2) is 0 Å². The van der Waals surface area contributed by atoms with Gasteiger partial charge in [0.25, 0.3) is 0 Å². The Morgan fingerprint density at radius 2 is 1.21 bits per heavy atom. The fourth-order valence-electron chi connectivity index (χ4n) is 2.80. The average molecular weight is 269 g/mol. The summed E-state index contributed by atoms with van der Waals surface area (Å²) in [7, 11) is 4.31. The molecule has 0 radical (unpaired) electrons. The zero-order valence-corrected chi connectivity index (χ0v) is 12.8. The van der Waals surface area contributed by atoms with E-state index >= 15 is 0 Å². The Bertz CT molecular complexity index is 232. The highest BCUT2D eigenvalue weighted by Gasteiger charge is 2.17. The number of nitrogens with zero attached hydrogens (tertiary/aromatic N) is 4. The van der Waals surface area contributed by atoms with Crippen molar-refractivity contribution < 1.29 is 0 Å². The van der Waals surface area contributed by atoms with E-state index in [9.17, 15) is 0 Å². The van der Waals surface area contributed by atoms with Gasteiger partial charge in [0.2, 0.25) is 0 Å². The summed E-state index contributed by atoms with van der Waals surface area (Å²) in [5.74, 6) is 0. The minimum absolute atomic E-state index is 1.16. The fourth-order valence-corrected chi connectivity index (χ4v) is 2.80. The van der Waals surface area contributed by atoms with Gasteiger partial charge in [0.1, 0.15) is 0 Å². The van der Waals surface area contributed by atoms with Gasteiger partial charge >= 0.3 is 0 Å². The number of hydrogen-bond acceptors (Lipinski definition) is 5. The SMILES string of the molecule is CN(C)CCN1CCN(CCN2CCNCC2)CC1. The molecule has 0 atom stereocenters. The molecule has 0 spiro atoms. The highest BCUT2D eigenvalue weighted by molar-refractivity contribution is 4.75. The molecule has 0 unspecified atom stereocenters. The summed E-state index contributed by atoms with van der Waals surface area (Å²) in [5, 5.41) is 3.42. The lowest BCUT2D eigenvalue weighted by Gasteiger charge is -2.36. The van der Waals surface area contributed by atoms with E-state index in [1.54, 1.807) is 0 Å². The summed E-state index contributed by atoms with van der Waals surface area (Å²) in [6.45, 7) is 14.7. The zero-order valence-electron chi connectivity index (χ0n) is 12.8. The highest BCUT2D eigenvalue weighted by Crippen LogP contribution is 2.02. The maximum Gasteiger partial charge on any atom is 0.0110 e. The van der Waals surface area contributed by atoms with Crippen LogP contribution in [0.4, 0.5) is 0 Å². The molecule has 0 aromatic heterocycles. The molecule has 2 aliphatic rings. The number of rotatable bonds is 6. The molecule has 112 valence electrons. The standard InChI is InChI=1S/C14H31N5/c1-16(2)7-8-18-11-13-19(14-12-18)10-9-17-5-3-15-4-6-17/h15H,3-14H2,1-2H3. The van der Waals surface area contributed by atoms with E-state index in [1.807, 2.05) is 0 Å². The predicted octanol–water partition coefficient (Wildman–Crippen LogP) is -0.929. The highest BCUT2D eigenvalue weighted by atomic mass is 15.3. The maximum atomic E-state index is 3.42. The smallest absolute Gasteiger partial charge is 0.0110 e. The first kappa shape index (κ1) is 15.2. The van der Waals surface area contributed by atoms with Gasteiger partial charge in [-0.1, -0.05) is 0 Å². The van der Waals surface area contributed by atoms with Crippen LogP contribution in [0.3, 0.4) is 0 Å². The second-order valence-corrected chi connectivity index (χ2v) is 6.08. The third kappa shape index (κ3) is 5.75. The lowest BCUT2D eigenvalue weighted by molar-refractivity contribution is 0.110. The Labute approximate surface area is 118 Å². The van der Waals surface area contributed by atoms with Crippen molar-refractivity contribution in [3.8, 4) is 0 Å². The van der Waals surface area contributed by atoms with Crippen LogP contribution in [0.1, 0.15) is 0 Å². The van der Waals surface area contributed by atoms with Gasteiger partial charge in [-0.2, -0.15) is 0 Å². The summed E-state index contributed by atoms with van der Waals surface area (Å²) in [4.78, 5) is 10.1. The Hall–Kier alpha value is -0.200. The molecule has 2 fully saturated rings. The predicted molar refractivity (Wildman–Crippen MR) is 80.7 cm³/mol. The average Bonchev–Trinajstić information content (AvgIpc) is 2.45. The summed E-state index contributed by atoms with van der Waals surface area (Å²) in [5.41, 5.74) is 0. The van der Waals surface area contributed by atoms with Crippen LogP contribution < -0.4 is 5.32 Å². The van der Waals surface area contributed by atoms with Crippen LogP contribution in [-0.2, 0) is 0 Å². The second kappa shape index (κ2) is 8.17. The van der Waals surface area contributed by atoms with Gasteiger partial charge in [0.05, 0.1) is 0 Å². The molecule has 5 nitrogen and oxygen atoms in total. The van der Waals surface area contributed by atoms with Gasteiger partial charge in [-0.25, -0.2) is 0 Å². The molecular formula is C14H31N5. The normalized spacial score (nSPS) is 24.2. The molecule has 2 rings (SSSR count). The van der Waals surface area contributed by atoms with Crippen LogP contribution >= 0.6 is 0 Å². The molecule has 0 saturated carbocycles. The van der Waals surface area contributed by atoms with Gasteiger partial charge in [-0.05, 0) is 14.1 Å². The quantitative estimate of drug-likeness (QED) is 0.672. The van der Waals surface area contributed by atoms with Crippen molar-refractivity contribution in [1.29, 1.82) is 0 Å². The van der Waals surface area contributed by atoms with Crippen molar-refractivity contribution in [2.75, 3.05) is 92.6 Å². The van der Waals surface area contributed by atoms with Crippen LogP contribution in [0.2, 0.25) is 0 Å². The van der Waals surface area contributed by atoms with Gasteiger partial charge in [-0.3, -0.25) is 14.7 Å². The van der Waals surface area contributed by atoms with Gasteiger partial charge < -0.3 is 10.2 Å². The number of hydrogen-bond donors (Lipinski definition) is 1. The van der Waals surface area contributed by atoms with Gasteiger partial charge in [0, 0.05) is 78.5 Å². The maximum absolute atomic E-state index is 3.42. The minimum Gasteiger partial charge on any atom is -0.314 e. The number of piperazine rings is 2. The van der Waals surface area contributed by atoms with Crippen molar-refractivity contribution in [2.24, 2.45) is 0 Å². The van der Waals surface area contributed by atoms with Crippen molar-refractivity contribution in [3.05, 3.63) is 0 Å². The molecule has 2 saturated heterocycles. The molecule has 0 aromatic carbocycles. The zero-order chi connectivity index (χ0) is 13.5. The van der Waals surface area contributed by atoms with Crippen molar-refractivity contribution in [1.82, 2.24) is 24.9 Å². The van der Waals surface area contributed by atoms with E-state index in [-0.39, 0.29) is 0 Å². The molecule has 0 aromatic rings. The van der Waals surface area contributed by atoms with E-state index in [0.717, 1.165) is 13.1 Å². The first-order chi connectivity index (χ1) is 9.24. The van der Waals surface area contributed by atoms with Crippen LogP contribution in [-0.4, -0.2) is 112 Å². The second-order valence-electron chi connectivity index (χ2n) is 6.08. The van der Waals surface area contributed by atoms with Gasteiger partial charge in [-0.15, -0.1) is 0 Å². The molecule has 0 aliphatic carbocycles. The summed E-state index contributed by atoms with van der Waals surface area (Å²) >= 11 is 0. The third-order valence-corrected chi connectivity index (χ3v) is 4.27. The van der Waals surface area contributed by atoms with Crippen LogP contribution in [0, 0.1) is 0 Å². The molecular weight excluding hydrogens is 238 g/mol. The van der Waals surface area contributed by atoms with E-state index in [2.05, 4.69) is 39.0 Å². The summed E-state index contributed by atoms with van der Waals surface area (Å²) < 4.78 is 0. The van der Waals surface area contributed by atoms with E-state index in [4.69, 9.17) is 0 Å². The Balaban J connectivity index is 1.55. The topological polar surface area (TPSA) is 25.0 Å². The molecule has 0 amide bonds. The first-order valence-corrected chi connectivity index (χ1v) is 7.76. The Morgan fingerprint density at radius 3 is 1.74 bits per heavy atom. The van der Waals surface area contributed by atoms with E-state index < -0.39 is 0 Å². The largest absolute Gasteiger partial charge is 0.314 e. The molecule has 2 heterocycles. The minimum atomic E-state index is 1.16.